The Labute approximate surface area is 145 Å². The standard InChI is InChI=1S/C20H19FN4/c1-3-18(25-20(22)23)13-8-9-15-16(10-13)19(24-11-17(15)21)14-7-5-4-6-12(14)2/h3-11H,1-2H3,(H4,22,23,25)/b18-3-. The van der Waals surface area contributed by atoms with Gasteiger partial charge in [-0.2, -0.15) is 0 Å². The number of hydrogen-bond donors (Lipinski definition) is 2. The minimum absolute atomic E-state index is 0.0234. The average Bonchev–Trinajstić information content (AvgIpc) is 2.60. The first-order valence-electron chi connectivity index (χ1n) is 7.92. The summed E-state index contributed by atoms with van der Waals surface area (Å²) >= 11 is 0. The molecule has 0 atom stereocenters. The molecule has 0 radical (unpaired) electrons. The summed E-state index contributed by atoms with van der Waals surface area (Å²) in [5.74, 6) is -0.382. The molecule has 0 saturated carbocycles. The number of guanidine groups is 1. The number of fused-ring (bicyclic) bond motifs is 1. The summed E-state index contributed by atoms with van der Waals surface area (Å²) in [5.41, 5.74) is 15.2. The van der Waals surface area contributed by atoms with Gasteiger partial charge in [0.15, 0.2) is 5.96 Å². The fraction of sp³-hybridized carbons (Fsp3) is 0.100. The molecule has 0 spiro atoms. The number of nitrogens with two attached hydrogens (primary N) is 2. The summed E-state index contributed by atoms with van der Waals surface area (Å²) in [6.45, 7) is 3.85. The van der Waals surface area contributed by atoms with E-state index in [1.807, 2.05) is 44.2 Å². The zero-order chi connectivity index (χ0) is 18.0. The van der Waals surface area contributed by atoms with Crippen LogP contribution in [0.3, 0.4) is 0 Å². The van der Waals surface area contributed by atoms with Crippen LogP contribution in [-0.2, 0) is 0 Å². The predicted octanol–water partition coefficient (Wildman–Crippen LogP) is 3.98. The lowest BCUT2D eigenvalue weighted by atomic mass is 9.98. The van der Waals surface area contributed by atoms with Gasteiger partial charge in [-0.05, 0) is 25.5 Å². The van der Waals surface area contributed by atoms with Gasteiger partial charge < -0.3 is 11.5 Å². The van der Waals surface area contributed by atoms with Gasteiger partial charge in [0, 0.05) is 21.9 Å². The van der Waals surface area contributed by atoms with E-state index < -0.39 is 0 Å². The molecular formula is C20H19FN4. The van der Waals surface area contributed by atoms with Gasteiger partial charge in [0.2, 0.25) is 0 Å². The van der Waals surface area contributed by atoms with Gasteiger partial charge >= 0.3 is 0 Å². The average molecular weight is 334 g/mol. The third kappa shape index (κ3) is 3.21. The van der Waals surface area contributed by atoms with Gasteiger partial charge in [0.05, 0.1) is 17.6 Å². The highest BCUT2D eigenvalue weighted by Crippen LogP contribution is 2.32. The van der Waals surface area contributed by atoms with Crippen LogP contribution in [0.5, 0.6) is 0 Å². The molecule has 126 valence electrons. The third-order valence-corrected chi connectivity index (χ3v) is 4.06. The van der Waals surface area contributed by atoms with Crippen molar-refractivity contribution < 1.29 is 4.39 Å². The quantitative estimate of drug-likeness (QED) is 0.562. The Morgan fingerprint density at radius 2 is 1.88 bits per heavy atom. The topological polar surface area (TPSA) is 77.3 Å². The number of benzene rings is 2. The van der Waals surface area contributed by atoms with Crippen molar-refractivity contribution in [3.63, 3.8) is 0 Å². The van der Waals surface area contributed by atoms with Gasteiger partial charge in [0.1, 0.15) is 5.82 Å². The number of allylic oxidation sites excluding steroid dienone is 1. The van der Waals surface area contributed by atoms with Crippen LogP contribution in [0.15, 0.2) is 59.7 Å². The highest BCUT2D eigenvalue weighted by molar-refractivity contribution is 5.97. The molecule has 3 aromatic rings. The van der Waals surface area contributed by atoms with Crippen molar-refractivity contribution in [3.8, 4) is 11.3 Å². The second-order valence-corrected chi connectivity index (χ2v) is 5.74. The Morgan fingerprint density at radius 3 is 2.56 bits per heavy atom. The number of rotatable bonds is 3. The molecule has 0 fully saturated rings. The number of nitrogens with zero attached hydrogens (tertiary/aromatic N) is 2. The molecule has 0 aliphatic rings. The van der Waals surface area contributed by atoms with Crippen molar-refractivity contribution in [2.24, 2.45) is 16.5 Å². The van der Waals surface area contributed by atoms with Crippen LogP contribution in [0.1, 0.15) is 18.1 Å². The zero-order valence-corrected chi connectivity index (χ0v) is 14.1. The maximum absolute atomic E-state index is 14.3. The summed E-state index contributed by atoms with van der Waals surface area (Å²) < 4.78 is 14.3. The second kappa shape index (κ2) is 6.73. The number of pyridine rings is 1. The molecule has 0 unspecified atom stereocenters. The Hall–Kier alpha value is -3.21. The van der Waals surface area contributed by atoms with E-state index in [1.165, 1.54) is 6.20 Å². The van der Waals surface area contributed by atoms with E-state index in [0.717, 1.165) is 27.8 Å². The van der Waals surface area contributed by atoms with E-state index in [4.69, 9.17) is 11.5 Å². The summed E-state index contributed by atoms with van der Waals surface area (Å²) in [6.07, 6.45) is 3.07. The molecular weight excluding hydrogens is 315 g/mol. The Bertz CT molecular complexity index is 1000. The monoisotopic (exact) mass is 334 g/mol. The maximum Gasteiger partial charge on any atom is 0.191 e. The molecule has 25 heavy (non-hydrogen) atoms. The SMILES string of the molecule is C/C=C(\N=C(N)N)c1ccc2c(F)cnc(-c3ccccc3C)c2c1. The minimum atomic E-state index is -0.359. The smallest absolute Gasteiger partial charge is 0.191 e. The number of aromatic nitrogens is 1. The van der Waals surface area contributed by atoms with Crippen molar-refractivity contribution in [2.75, 3.05) is 0 Å². The summed E-state index contributed by atoms with van der Waals surface area (Å²) in [6, 6.07) is 13.3. The molecule has 5 heteroatoms. The van der Waals surface area contributed by atoms with Crippen LogP contribution in [0.2, 0.25) is 0 Å². The Balaban J connectivity index is 2.30. The van der Waals surface area contributed by atoms with Gasteiger partial charge in [-0.1, -0.05) is 42.5 Å². The lowest BCUT2D eigenvalue weighted by Crippen LogP contribution is -2.22. The highest BCUT2D eigenvalue weighted by Gasteiger charge is 2.13. The molecule has 1 heterocycles. The van der Waals surface area contributed by atoms with Crippen LogP contribution in [0.4, 0.5) is 4.39 Å². The van der Waals surface area contributed by atoms with Crippen molar-refractivity contribution in [3.05, 3.63) is 71.7 Å². The summed E-state index contributed by atoms with van der Waals surface area (Å²) in [4.78, 5) is 8.48. The van der Waals surface area contributed by atoms with Crippen LogP contribution in [0.25, 0.3) is 27.7 Å². The predicted molar refractivity (Wildman–Crippen MR) is 101 cm³/mol. The van der Waals surface area contributed by atoms with E-state index >= 15 is 0 Å². The molecule has 0 amide bonds. The van der Waals surface area contributed by atoms with Crippen molar-refractivity contribution >= 4 is 22.4 Å². The molecule has 4 N–H and O–H groups in total. The molecule has 0 saturated heterocycles. The molecule has 4 nitrogen and oxygen atoms in total. The fourth-order valence-electron chi connectivity index (χ4n) is 2.86. The first-order valence-corrected chi connectivity index (χ1v) is 7.92. The number of aliphatic imine (C=N–C) groups is 1. The lowest BCUT2D eigenvalue weighted by molar-refractivity contribution is 0.634. The van der Waals surface area contributed by atoms with Crippen molar-refractivity contribution in [1.82, 2.24) is 4.98 Å². The number of halogens is 1. The summed E-state index contributed by atoms with van der Waals surface area (Å²) in [7, 11) is 0. The zero-order valence-electron chi connectivity index (χ0n) is 14.1. The fourth-order valence-corrected chi connectivity index (χ4v) is 2.86. The maximum atomic E-state index is 14.3. The van der Waals surface area contributed by atoms with Crippen LogP contribution < -0.4 is 11.5 Å². The molecule has 2 aromatic carbocycles. The largest absolute Gasteiger partial charge is 0.370 e. The molecule has 0 aliphatic heterocycles. The van der Waals surface area contributed by atoms with E-state index in [0.29, 0.717) is 11.1 Å². The van der Waals surface area contributed by atoms with Gasteiger partial charge in [-0.15, -0.1) is 0 Å². The summed E-state index contributed by atoms with van der Waals surface area (Å²) in [5, 5.41) is 1.23. The van der Waals surface area contributed by atoms with Crippen LogP contribution >= 0.6 is 0 Å². The number of aryl methyl sites for hydroxylation is 1. The van der Waals surface area contributed by atoms with E-state index in [2.05, 4.69) is 9.98 Å². The second-order valence-electron chi connectivity index (χ2n) is 5.74. The Kier molecular flexibility index (Phi) is 4.48. The minimum Gasteiger partial charge on any atom is -0.370 e. The normalized spacial score (nSPS) is 11.6. The molecule has 0 aliphatic carbocycles. The first kappa shape index (κ1) is 16.6. The van der Waals surface area contributed by atoms with Gasteiger partial charge in [0.25, 0.3) is 0 Å². The Morgan fingerprint density at radius 1 is 1.12 bits per heavy atom. The van der Waals surface area contributed by atoms with Crippen LogP contribution in [0, 0.1) is 12.7 Å². The molecule has 0 bridgehead atoms. The first-order chi connectivity index (χ1) is 12.0. The van der Waals surface area contributed by atoms with Crippen LogP contribution in [-0.4, -0.2) is 10.9 Å². The van der Waals surface area contributed by atoms with Crippen molar-refractivity contribution in [1.29, 1.82) is 0 Å². The highest BCUT2D eigenvalue weighted by atomic mass is 19.1. The lowest BCUT2D eigenvalue weighted by Gasteiger charge is -2.11. The van der Waals surface area contributed by atoms with E-state index in [-0.39, 0.29) is 11.8 Å². The van der Waals surface area contributed by atoms with Gasteiger partial charge in [-0.25, -0.2) is 9.38 Å². The van der Waals surface area contributed by atoms with Crippen molar-refractivity contribution in [2.45, 2.75) is 13.8 Å². The van der Waals surface area contributed by atoms with Gasteiger partial charge in [-0.3, -0.25) is 4.98 Å². The van der Waals surface area contributed by atoms with E-state index in [1.54, 1.807) is 18.2 Å². The molecule has 3 rings (SSSR count). The van der Waals surface area contributed by atoms with E-state index in [9.17, 15) is 4.39 Å². The number of hydrogen-bond acceptors (Lipinski definition) is 2. The third-order valence-electron chi connectivity index (χ3n) is 4.06. The molecule has 1 aromatic heterocycles.